The van der Waals surface area contributed by atoms with E-state index in [0.29, 0.717) is 0 Å². The minimum Gasteiger partial charge on any atom is -0.756 e. The normalized spacial score (nSPS) is 13.1. The van der Waals surface area contributed by atoms with Gasteiger partial charge in [-0.3, -0.25) is 0 Å². The Morgan fingerprint density at radius 2 is 1.06 bits per heavy atom. The van der Waals surface area contributed by atoms with E-state index in [2.05, 4.69) is 5.73 Å². The van der Waals surface area contributed by atoms with Crippen molar-refractivity contribution in [3.63, 3.8) is 0 Å². The lowest BCUT2D eigenvalue weighted by Crippen LogP contribution is -1.84. The molecule has 5 heteroatoms. The summed E-state index contributed by atoms with van der Waals surface area (Å²) in [5, 5.41) is 43.7. The van der Waals surface area contributed by atoms with E-state index < -0.39 is 0 Å². The van der Waals surface area contributed by atoms with E-state index in [1.165, 1.54) is 0 Å². The molecule has 0 saturated carbocycles. The first-order valence-corrected chi connectivity index (χ1v) is 3.87. The van der Waals surface area contributed by atoms with Crippen LogP contribution in [0.2, 0.25) is 0 Å². The van der Waals surface area contributed by atoms with Crippen molar-refractivity contribution >= 4 is 5.87 Å². The van der Waals surface area contributed by atoms with Crippen LogP contribution >= 0.6 is 0 Å². The zero-order chi connectivity index (χ0) is 12.1. The molecule has 0 spiro atoms. The maximum Gasteiger partial charge on any atom is 0.102 e. The standard InChI is InChI=1S/C11N5/c12-2-1-7-8(3-13)10(5-15)11(6-16)9(7)4-14/q-1. The molecule has 0 fully saturated rings. The van der Waals surface area contributed by atoms with Gasteiger partial charge in [-0.1, -0.05) is 5.73 Å². The Hall–Kier alpha value is -3.33. The summed E-state index contributed by atoms with van der Waals surface area (Å²) in [5.41, 5.74) is 1.38. The summed E-state index contributed by atoms with van der Waals surface area (Å²) in [6.07, 6.45) is 0. The van der Waals surface area contributed by atoms with Crippen LogP contribution < -0.4 is 0 Å². The number of nitriles is 4. The molecule has 0 N–H and O–H groups in total. The van der Waals surface area contributed by atoms with E-state index in [-0.39, 0.29) is 27.9 Å². The van der Waals surface area contributed by atoms with Crippen molar-refractivity contribution in [2.45, 2.75) is 0 Å². The fourth-order valence-corrected chi connectivity index (χ4v) is 1.25. The molecule has 5 nitrogen and oxygen atoms in total. The van der Waals surface area contributed by atoms with Gasteiger partial charge in [0.15, 0.2) is 0 Å². The van der Waals surface area contributed by atoms with Gasteiger partial charge in [0.25, 0.3) is 0 Å². The summed E-state index contributed by atoms with van der Waals surface area (Å²) in [7, 11) is 0. The van der Waals surface area contributed by atoms with Gasteiger partial charge >= 0.3 is 0 Å². The Morgan fingerprint density at radius 3 is 1.31 bits per heavy atom. The number of nitrogens with zero attached hydrogens (tertiary/aromatic N) is 5. The van der Waals surface area contributed by atoms with Crippen LogP contribution in [-0.2, 0) is 0 Å². The lowest BCUT2D eigenvalue weighted by molar-refractivity contribution is 1.42. The fourth-order valence-electron chi connectivity index (χ4n) is 1.25. The quantitative estimate of drug-likeness (QED) is 0.430. The molecule has 0 aliphatic heterocycles. The van der Waals surface area contributed by atoms with Crippen LogP contribution in [0.4, 0.5) is 0 Å². The molecule has 0 atom stereocenters. The first-order valence-electron chi connectivity index (χ1n) is 3.87. The third-order valence-electron chi connectivity index (χ3n) is 1.88. The van der Waals surface area contributed by atoms with Crippen molar-refractivity contribution < 1.29 is 0 Å². The molecule has 70 valence electrons. The van der Waals surface area contributed by atoms with Gasteiger partial charge in [-0.2, -0.15) is 21.0 Å². The lowest BCUT2D eigenvalue weighted by Gasteiger charge is -1.90. The van der Waals surface area contributed by atoms with E-state index in [9.17, 15) is 0 Å². The monoisotopic (exact) mass is 202 g/mol. The maximum absolute atomic E-state index is 8.82. The molecule has 0 aromatic carbocycles. The highest BCUT2D eigenvalue weighted by Gasteiger charge is 2.29. The lowest BCUT2D eigenvalue weighted by atomic mass is 10.1. The zero-order valence-corrected chi connectivity index (χ0v) is 7.74. The Kier molecular flexibility index (Phi) is 2.86. The Balaban J connectivity index is 3.85. The molecule has 16 heavy (non-hydrogen) atoms. The molecule has 0 heterocycles. The SMILES string of the molecule is N#CC1=C(C#N)C(C#N)=C(C#N)C1=C=C=[N-]. The van der Waals surface area contributed by atoms with Crippen molar-refractivity contribution in [2.75, 3.05) is 0 Å². The molecule has 1 rings (SSSR count). The van der Waals surface area contributed by atoms with Crippen LogP contribution in [0.5, 0.6) is 0 Å². The van der Waals surface area contributed by atoms with Gasteiger partial charge in [-0.15, -0.1) is 0 Å². The van der Waals surface area contributed by atoms with E-state index in [1.54, 1.807) is 30.1 Å². The van der Waals surface area contributed by atoms with Gasteiger partial charge in [-0.05, 0) is 0 Å². The first-order chi connectivity index (χ1) is 7.74. The highest BCUT2D eigenvalue weighted by Crippen LogP contribution is 2.34. The molecular weight excluding hydrogens is 202 g/mol. The number of hydrogen-bond donors (Lipinski definition) is 0. The number of rotatable bonds is 0. The second-order valence-electron chi connectivity index (χ2n) is 2.56. The molecule has 0 aromatic rings. The predicted octanol–water partition coefficient (Wildman–Crippen LogP) is 1.01. The largest absolute Gasteiger partial charge is 0.756 e. The molecule has 0 bridgehead atoms. The number of allylic oxidation sites excluding steroid dienone is 5. The van der Waals surface area contributed by atoms with Gasteiger partial charge in [0.2, 0.25) is 0 Å². The maximum atomic E-state index is 8.82. The summed E-state index contributed by atoms with van der Waals surface area (Å²) in [6, 6.07) is 6.73. The van der Waals surface area contributed by atoms with Crippen molar-refractivity contribution in [1.82, 2.24) is 0 Å². The van der Waals surface area contributed by atoms with Crippen LogP contribution in [-0.4, -0.2) is 5.87 Å². The van der Waals surface area contributed by atoms with Crippen LogP contribution in [0.15, 0.2) is 33.6 Å². The number of hydrogen-bond acceptors (Lipinski definition) is 4. The molecule has 0 radical (unpaired) electrons. The third kappa shape index (κ3) is 1.30. The molecule has 0 aromatic heterocycles. The van der Waals surface area contributed by atoms with Crippen LogP contribution in [0.1, 0.15) is 0 Å². The third-order valence-corrected chi connectivity index (χ3v) is 1.88. The first kappa shape index (κ1) is 10.7. The van der Waals surface area contributed by atoms with Crippen molar-refractivity contribution in [2.24, 2.45) is 0 Å². The van der Waals surface area contributed by atoms with Gasteiger partial charge in [0, 0.05) is 0 Å². The van der Waals surface area contributed by atoms with Gasteiger partial charge in [-0.25, -0.2) is 5.87 Å². The molecule has 0 amide bonds. The van der Waals surface area contributed by atoms with Gasteiger partial charge in [0.1, 0.15) is 24.3 Å². The fraction of sp³-hybridized carbons (Fsp3) is 0. The second-order valence-corrected chi connectivity index (χ2v) is 2.56. The summed E-state index contributed by atoms with van der Waals surface area (Å²) < 4.78 is 0. The van der Waals surface area contributed by atoms with E-state index in [0.717, 1.165) is 0 Å². The van der Waals surface area contributed by atoms with Crippen LogP contribution in [0.25, 0.3) is 5.41 Å². The predicted molar refractivity (Wildman–Crippen MR) is 51.9 cm³/mol. The van der Waals surface area contributed by atoms with E-state index >= 15 is 0 Å². The van der Waals surface area contributed by atoms with E-state index in [1.807, 2.05) is 0 Å². The topological polar surface area (TPSA) is 117 Å². The highest BCUT2D eigenvalue weighted by molar-refractivity contribution is 5.80. The summed E-state index contributed by atoms with van der Waals surface area (Å²) in [4.78, 5) is 0. The zero-order valence-electron chi connectivity index (χ0n) is 7.74. The molecule has 1 aliphatic carbocycles. The second kappa shape index (κ2) is 4.26. The molecule has 0 unspecified atom stereocenters. The smallest absolute Gasteiger partial charge is 0.102 e. The summed E-state index contributed by atoms with van der Waals surface area (Å²) in [6.45, 7) is 0. The highest BCUT2D eigenvalue weighted by atomic mass is 14.4. The Labute approximate surface area is 90.9 Å². The van der Waals surface area contributed by atoms with Gasteiger partial charge in [0.05, 0.1) is 27.9 Å². The van der Waals surface area contributed by atoms with Crippen molar-refractivity contribution in [1.29, 1.82) is 21.0 Å². The van der Waals surface area contributed by atoms with E-state index in [4.69, 9.17) is 26.5 Å². The Bertz CT molecular complexity index is 629. The van der Waals surface area contributed by atoms with Gasteiger partial charge < -0.3 is 5.41 Å². The van der Waals surface area contributed by atoms with Crippen LogP contribution in [0.3, 0.4) is 0 Å². The molecule has 1 aliphatic rings. The van der Waals surface area contributed by atoms with Crippen LogP contribution in [0, 0.1) is 45.3 Å². The minimum absolute atomic E-state index is 0.0828. The average Bonchev–Trinajstić information content (AvgIpc) is 2.61. The molecular formula is C11N5-. The average molecular weight is 202 g/mol. The van der Waals surface area contributed by atoms with Crippen molar-refractivity contribution in [3.05, 3.63) is 39.0 Å². The van der Waals surface area contributed by atoms with Crippen molar-refractivity contribution in [3.8, 4) is 24.3 Å². The Morgan fingerprint density at radius 1 is 0.688 bits per heavy atom. The minimum atomic E-state index is -0.181. The summed E-state index contributed by atoms with van der Waals surface area (Å²) >= 11 is 0. The summed E-state index contributed by atoms with van der Waals surface area (Å²) in [5.74, 6) is 1.55. The molecule has 0 saturated heterocycles.